The molecular formula is C15H23N3. The third-order valence-corrected chi connectivity index (χ3v) is 4.52. The first-order valence-corrected chi connectivity index (χ1v) is 7.27. The monoisotopic (exact) mass is 245 g/mol. The van der Waals surface area contributed by atoms with Crippen molar-refractivity contribution in [1.29, 1.82) is 0 Å². The number of pyridine rings is 1. The summed E-state index contributed by atoms with van der Waals surface area (Å²) in [6, 6.07) is 2.16. The van der Waals surface area contributed by atoms with Gasteiger partial charge in [-0.05, 0) is 42.9 Å². The number of aromatic nitrogens is 1. The number of rotatable bonds is 4. The minimum atomic E-state index is 0.942. The van der Waals surface area contributed by atoms with Crippen LogP contribution >= 0.6 is 0 Å². The van der Waals surface area contributed by atoms with E-state index in [4.69, 9.17) is 0 Å². The average molecular weight is 245 g/mol. The van der Waals surface area contributed by atoms with Gasteiger partial charge in [0.15, 0.2) is 0 Å². The van der Waals surface area contributed by atoms with E-state index < -0.39 is 0 Å². The third kappa shape index (κ3) is 2.24. The quantitative estimate of drug-likeness (QED) is 0.883. The number of nitrogens with zero attached hydrogens (tertiary/aromatic N) is 2. The lowest BCUT2D eigenvalue weighted by molar-refractivity contribution is 0.494. The predicted molar refractivity (Wildman–Crippen MR) is 74.7 cm³/mol. The van der Waals surface area contributed by atoms with Gasteiger partial charge in [0.1, 0.15) is 0 Å². The summed E-state index contributed by atoms with van der Waals surface area (Å²) in [5.41, 5.74) is 2.75. The van der Waals surface area contributed by atoms with E-state index in [9.17, 15) is 0 Å². The minimum Gasteiger partial charge on any atom is -0.369 e. The van der Waals surface area contributed by atoms with Crippen LogP contribution in [0, 0.1) is 11.8 Å². The Bertz CT molecular complexity index is 392. The van der Waals surface area contributed by atoms with Gasteiger partial charge in [0.25, 0.3) is 0 Å². The second-order valence-electron chi connectivity index (χ2n) is 5.64. The van der Waals surface area contributed by atoms with Gasteiger partial charge < -0.3 is 10.2 Å². The molecule has 1 aliphatic heterocycles. The van der Waals surface area contributed by atoms with Gasteiger partial charge in [0.05, 0.1) is 11.9 Å². The van der Waals surface area contributed by atoms with Crippen molar-refractivity contribution in [2.45, 2.75) is 32.7 Å². The molecule has 0 amide bonds. The highest BCUT2D eigenvalue weighted by Crippen LogP contribution is 2.40. The second kappa shape index (κ2) is 5.27. The normalized spacial score (nSPS) is 26.6. The SMILES string of the molecule is CCNCc1ccncc1N1CC2CCCC2C1. The molecule has 3 nitrogen and oxygen atoms in total. The van der Waals surface area contributed by atoms with Gasteiger partial charge in [-0.1, -0.05) is 13.3 Å². The Labute approximate surface area is 110 Å². The fraction of sp³-hybridized carbons (Fsp3) is 0.667. The van der Waals surface area contributed by atoms with Gasteiger partial charge in [-0.15, -0.1) is 0 Å². The van der Waals surface area contributed by atoms with E-state index in [-0.39, 0.29) is 0 Å². The molecule has 3 heteroatoms. The number of anilines is 1. The second-order valence-corrected chi connectivity index (χ2v) is 5.64. The first kappa shape index (κ1) is 12.0. The van der Waals surface area contributed by atoms with Crippen LogP contribution in [0.25, 0.3) is 0 Å². The topological polar surface area (TPSA) is 28.2 Å². The van der Waals surface area contributed by atoms with Gasteiger partial charge in [0.2, 0.25) is 0 Å². The summed E-state index contributed by atoms with van der Waals surface area (Å²) in [6.07, 6.45) is 8.27. The summed E-state index contributed by atoms with van der Waals surface area (Å²) >= 11 is 0. The Kier molecular flexibility index (Phi) is 3.50. The first-order valence-electron chi connectivity index (χ1n) is 7.27. The summed E-state index contributed by atoms with van der Waals surface area (Å²) in [5, 5.41) is 3.42. The zero-order valence-electron chi connectivity index (χ0n) is 11.2. The fourth-order valence-corrected chi connectivity index (χ4v) is 3.54. The van der Waals surface area contributed by atoms with Crippen molar-refractivity contribution < 1.29 is 0 Å². The molecule has 1 saturated heterocycles. The number of hydrogen-bond acceptors (Lipinski definition) is 3. The molecule has 1 aromatic heterocycles. The Morgan fingerprint density at radius 3 is 2.83 bits per heavy atom. The molecule has 1 aliphatic carbocycles. The Balaban J connectivity index is 1.75. The molecule has 1 saturated carbocycles. The van der Waals surface area contributed by atoms with Crippen LogP contribution in [0.2, 0.25) is 0 Å². The molecule has 2 unspecified atom stereocenters. The van der Waals surface area contributed by atoms with Crippen molar-refractivity contribution in [1.82, 2.24) is 10.3 Å². The molecule has 18 heavy (non-hydrogen) atoms. The molecule has 0 radical (unpaired) electrons. The van der Waals surface area contributed by atoms with Crippen LogP contribution < -0.4 is 10.2 Å². The van der Waals surface area contributed by atoms with Crippen LogP contribution in [0.15, 0.2) is 18.5 Å². The zero-order valence-corrected chi connectivity index (χ0v) is 11.2. The van der Waals surface area contributed by atoms with Crippen molar-refractivity contribution in [3.63, 3.8) is 0 Å². The molecule has 2 heterocycles. The maximum Gasteiger partial charge on any atom is 0.0598 e. The molecule has 0 aromatic carbocycles. The van der Waals surface area contributed by atoms with Crippen LogP contribution in [0.4, 0.5) is 5.69 Å². The van der Waals surface area contributed by atoms with E-state index in [2.05, 4.69) is 28.2 Å². The van der Waals surface area contributed by atoms with Gasteiger partial charge in [0, 0.05) is 25.8 Å². The van der Waals surface area contributed by atoms with Crippen LogP contribution in [-0.2, 0) is 6.54 Å². The zero-order chi connectivity index (χ0) is 12.4. The summed E-state index contributed by atoms with van der Waals surface area (Å²) in [6.45, 7) is 6.62. The van der Waals surface area contributed by atoms with Crippen molar-refractivity contribution >= 4 is 5.69 Å². The van der Waals surface area contributed by atoms with Gasteiger partial charge in [-0.3, -0.25) is 4.98 Å². The third-order valence-electron chi connectivity index (χ3n) is 4.52. The van der Waals surface area contributed by atoms with Crippen LogP contribution in [0.5, 0.6) is 0 Å². The summed E-state index contributed by atoms with van der Waals surface area (Å²) in [7, 11) is 0. The smallest absolute Gasteiger partial charge is 0.0598 e. The summed E-state index contributed by atoms with van der Waals surface area (Å²) < 4.78 is 0. The molecule has 2 fully saturated rings. The molecule has 2 aliphatic rings. The fourth-order valence-electron chi connectivity index (χ4n) is 3.54. The number of fused-ring (bicyclic) bond motifs is 1. The molecule has 3 rings (SSSR count). The lowest BCUT2D eigenvalue weighted by Crippen LogP contribution is -2.24. The predicted octanol–water partition coefficient (Wildman–Crippen LogP) is 2.43. The highest BCUT2D eigenvalue weighted by atomic mass is 15.2. The molecule has 1 N–H and O–H groups in total. The maximum atomic E-state index is 4.32. The number of nitrogens with one attached hydrogen (secondary N) is 1. The highest BCUT2D eigenvalue weighted by molar-refractivity contribution is 5.52. The highest BCUT2D eigenvalue weighted by Gasteiger charge is 2.36. The molecule has 0 spiro atoms. The van der Waals surface area contributed by atoms with Crippen molar-refractivity contribution in [3.05, 3.63) is 24.0 Å². The van der Waals surface area contributed by atoms with Gasteiger partial charge in [-0.25, -0.2) is 0 Å². The molecule has 98 valence electrons. The van der Waals surface area contributed by atoms with E-state index in [0.29, 0.717) is 0 Å². The van der Waals surface area contributed by atoms with Gasteiger partial charge >= 0.3 is 0 Å². The Morgan fingerprint density at radius 1 is 1.33 bits per heavy atom. The van der Waals surface area contributed by atoms with E-state index in [1.807, 2.05) is 12.4 Å². The standard InChI is InChI=1S/C15H23N3/c1-2-16-8-12-6-7-17-9-15(12)18-10-13-4-3-5-14(13)11-18/h6-7,9,13-14,16H,2-5,8,10-11H2,1H3. The van der Waals surface area contributed by atoms with E-state index in [1.54, 1.807) is 0 Å². The van der Waals surface area contributed by atoms with Crippen LogP contribution in [-0.4, -0.2) is 24.6 Å². The maximum absolute atomic E-state index is 4.32. The van der Waals surface area contributed by atoms with E-state index >= 15 is 0 Å². The van der Waals surface area contributed by atoms with Gasteiger partial charge in [-0.2, -0.15) is 0 Å². The average Bonchev–Trinajstić information content (AvgIpc) is 2.97. The summed E-state index contributed by atoms with van der Waals surface area (Å²) in [5.74, 6) is 1.88. The largest absolute Gasteiger partial charge is 0.369 e. The molecule has 1 aromatic rings. The van der Waals surface area contributed by atoms with Crippen molar-refractivity contribution in [2.75, 3.05) is 24.5 Å². The molecule has 0 bridgehead atoms. The van der Waals surface area contributed by atoms with E-state index in [1.165, 1.54) is 43.6 Å². The van der Waals surface area contributed by atoms with Crippen LogP contribution in [0.1, 0.15) is 31.7 Å². The van der Waals surface area contributed by atoms with Crippen LogP contribution in [0.3, 0.4) is 0 Å². The molecule has 2 atom stereocenters. The van der Waals surface area contributed by atoms with Crippen molar-refractivity contribution in [3.8, 4) is 0 Å². The van der Waals surface area contributed by atoms with E-state index in [0.717, 1.165) is 24.9 Å². The van der Waals surface area contributed by atoms with Crippen molar-refractivity contribution in [2.24, 2.45) is 11.8 Å². The first-order chi connectivity index (χ1) is 8.88. The molecular weight excluding hydrogens is 222 g/mol. The minimum absolute atomic E-state index is 0.942. The Hall–Kier alpha value is -1.09. The lowest BCUT2D eigenvalue weighted by Gasteiger charge is -2.22. The summed E-state index contributed by atoms with van der Waals surface area (Å²) in [4.78, 5) is 6.89. The Morgan fingerprint density at radius 2 is 2.11 bits per heavy atom. The number of hydrogen-bond donors (Lipinski definition) is 1. The lowest BCUT2D eigenvalue weighted by atomic mass is 10.0.